The topological polar surface area (TPSA) is 78.9 Å². The van der Waals surface area contributed by atoms with Gasteiger partial charge < -0.3 is 14.2 Å². The molecule has 1 unspecified atom stereocenters. The number of unbranched alkanes of at least 4 members (excludes halogenated alkanes) is 32. The lowest BCUT2D eigenvalue weighted by Gasteiger charge is -2.18. The number of ether oxygens (including phenoxy) is 3. The van der Waals surface area contributed by atoms with E-state index in [1.807, 2.05) is 6.08 Å². The van der Waals surface area contributed by atoms with Crippen molar-refractivity contribution in [3.05, 3.63) is 72.9 Å². The molecule has 0 amide bonds. The predicted octanol–water partition coefficient (Wildman–Crippen LogP) is 20.2. The summed E-state index contributed by atoms with van der Waals surface area (Å²) in [7, 11) is 0. The second-order valence-corrected chi connectivity index (χ2v) is 19.9. The predicted molar refractivity (Wildman–Crippen MR) is 302 cm³/mol. The molecule has 0 rings (SSSR count). The van der Waals surface area contributed by atoms with Gasteiger partial charge in [-0.1, -0.05) is 286 Å². The molecule has 404 valence electrons. The molecule has 0 spiro atoms. The van der Waals surface area contributed by atoms with E-state index >= 15 is 0 Å². The number of hydrogen-bond donors (Lipinski definition) is 0. The number of rotatable bonds is 54. The Kier molecular flexibility index (Phi) is 55.8. The molecular formula is C64H112O6. The largest absolute Gasteiger partial charge is 0.462 e. The number of allylic oxidation sites excluding steroid dienone is 11. The molecule has 0 bridgehead atoms. The average molecular weight is 978 g/mol. The van der Waals surface area contributed by atoms with Crippen molar-refractivity contribution >= 4 is 17.9 Å². The van der Waals surface area contributed by atoms with Crippen LogP contribution in [0.15, 0.2) is 72.9 Å². The summed E-state index contributed by atoms with van der Waals surface area (Å²) in [6, 6.07) is 0. The lowest BCUT2D eigenvalue weighted by Crippen LogP contribution is -2.30. The van der Waals surface area contributed by atoms with Gasteiger partial charge in [-0.2, -0.15) is 0 Å². The Balaban J connectivity index is 4.22. The van der Waals surface area contributed by atoms with Crippen molar-refractivity contribution in [1.29, 1.82) is 0 Å². The minimum atomic E-state index is -0.831. The van der Waals surface area contributed by atoms with E-state index in [9.17, 15) is 14.4 Å². The summed E-state index contributed by atoms with van der Waals surface area (Å²) in [6.45, 7) is 6.40. The van der Waals surface area contributed by atoms with Gasteiger partial charge in [0, 0.05) is 12.8 Å². The van der Waals surface area contributed by atoms with E-state index in [0.717, 1.165) is 89.9 Å². The first-order valence-corrected chi connectivity index (χ1v) is 29.9. The van der Waals surface area contributed by atoms with Crippen LogP contribution in [0.5, 0.6) is 0 Å². The smallest absolute Gasteiger partial charge is 0.310 e. The minimum Gasteiger partial charge on any atom is -0.462 e. The third-order valence-corrected chi connectivity index (χ3v) is 13.0. The molecule has 0 N–H and O–H groups in total. The summed E-state index contributed by atoms with van der Waals surface area (Å²) in [5.41, 5.74) is 0. The van der Waals surface area contributed by atoms with Gasteiger partial charge in [0.25, 0.3) is 0 Å². The van der Waals surface area contributed by atoms with Gasteiger partial charge in [0.1, 0.15) is 13.2 Å². The van der Waals surface area contributed by atoms with Crippen LogP contribution in [0.4, 0.5) is 0 Å². The van der Waals surface area contributed by atoms with Crippen LogP contribution in [0.1, 0.15) is 297 Å². The third-order valence-electron chi connectivity index (χ3n) is 13.0. The van der Waals surface area contributed by atoms with Crippen LogP contribution in [0.25, 0.3) is 0 Å². The fourth-order valence-electron chi connectivity index (χ4n) is 8.52. The maximum Gasteiger partial charge on any atom is 0.310 e. The normalized spacial score (nSPS) is 12.6. The molecule has 0 radical (unpaired) electrons. The van der Waals surface area contributed by atoms with Gasteiger partial charge in [0.2, 0.25) is 0 Å². The number of carbonyl (C=O) groups is 3. The molecule has 0 fully saturated rings. The van der Waals surface area contributed by atoms with E-state index in [4.69, 9.17) is 14.2 Å². The molecular weight excluding hydrogens is 865 g/mol. The highest BCUT2D eigenvalue weighted by atomic mass is 16.6. The number of hydrogen-bond acceptors (Lipinski definition) is 6. The zero-order valence-electron chi connectivity index (χ0n) is 46.3. The van der Waals surface area contributed by atoms with Crippen LogP contribution in [0.2, 0.25) is 0 Å². The molecule has 6 nitrogen and oxygen atoms in total. The fraction of sp³-hybridized carbons (Fsp3) is 0.766. The van der Waals surface area contributed by atoms with Crippen molar-refractivity contribution in [1.82, 2.24) is 0 Å². The molecule has 0 aromatic carbocycles. The fourth-order valence-corrected chi connectivity index (χ4v) is 8.52. The van der Waals surface area contributed by atoms with E-state index in [1.165, 1.54) is 167 Å². The second kappa shape index (κ2) is 58.4. The van der Waals surface area contributed by atoms with Crippen molar-refractivity contribution in [2.75, 3.05) is 13.2 Å². The SMILES string of the molecule is CC/C=C\C/C=C\C/C=C\C/C=C\C/C=C\CC(=O)OC(COC(=O)CCCCCCC/C=C\CCC)COC(=O)CCCCCCCCCCCCCCCCCCCCCCCCCCCCC. The van der Waals surface area contributed by atoms with Gasteiger partial charge in [-0.3, -0.25) is 14.4 Å². The first kappa shape index (κ1) is 66.9. The van der Waals surface area contributed by atoms with E-state index in [1.54, 1.807) is 6.08 Å². The van der Waals surface area contributed by atoms with Crippen molar-refractivity contribution in [3.8, 4) is 0 Å². The van der Waals surface area contributed by atoms with Crippen molar-refractivity contribution in [2.45, 2.75) is 303 Å². The van der Waals surface area contributed by atoms with Gasteiger partial charge in [-0.05, 0) is 64.2 Å². The Bertz CT molecular complexity index is 1310. The summed E-state index contributed by atoms with van der Waals surface area (Å²) in [6.07, 6.45) is 75.3. The van der Waals surface area contributed by atoms with Crippen molar-refractivity contribution < 1.29 is 28.6 Å². The van der Waals surface area contributed by atoms with Crippen LogP contribution >= 0.6 is 0 Å². The standard InChI is InChI=1S/C64H112O6/c1-4-7-10-13-16-19-22-24-26-27-28-29-30-31-32-33-34-35-36-37-39-40-42-45-48-51-54-57-63(66)69-60-61(59-68-62(65)56-53-50-47-44-21-18-15-12-9-6-3)70-64(67)58-55-52-49-46-43-41-38-25-23-20-17-14-11-8-5-2/h8,11-12,15,17,20,25,38,43,46,52,55,61H,4-7,9-10,13-14,16,18-19,21-24,26-37,39-42,44-45,47-51,53-54,56-60H2,1-3H3/b11-8-,15-12-,20-17-,38-25-,46-43-,55-52-. The Labute approximate surface area is 433 Å². The minimum absolute atomic E-state index is 0.0971. The molecule has 1 atom stereocenters. The van der Waals surface area contributed by atoms with Crippen LogP contribution in [-0.4, -0.2) is 37.2 Å². The van der Waals surface area contributed by atoms with Crippen molar-refractivity contribution in [3.63, 3.8) is 0 Å². The highest BCUT2D eigenvalue weighted by Crippen LogP contribution is 2.17. The summed E-state index contributed by atoms with van der Waals surface area (Å²) >= 11 is 0. The van der Waals surface area contributed by atoms with Crippen LogP contribution in [0.3, 0.4) is 0 Å². The number of carbonyl (C=O) groups excluding carboxylic acids is 3. The molecule has 0 saturated carbocycles. The maximum absolute atomic E-state index is 12.8. The van der Waals surface area contributed by atoms with Crippen LogP contribution in [-0.2, 0) is 28.6 Å². The summed E-state index contributed by atoms with van der Waals surface area (Å²) in [4.78, 5) is 38.0. The lowest BCUT2D eigenvalue weighted by molar-refractivity contribution is -0.166. The van der Waals surface area contributed by atoms with Crippen molar-refractivity contribution in [2.24, 2.45) is 0 Å². The van der Waals surface area contributed by atoms with E-state index < -0.39 is 12.1 Å². The van der Waals surface area contributed by atoms with Gasteiger partial charge in [0.15, 0.2) is 6.10 Å². The Hall–Kier alpha value is -3.15. The third kappa shape index (κ3) is 55.8. The van der Waals surface area contributed by atoms with Crippen LogP contribution < -0.4 is 0 Å². The van der Waals surface area contributed by atoms with Crippen LogP contribution in [0, 0.1) is 0 Å². The summed E-state index contributed by atoms with van der Waals surface area (Å²) in [5, 5.41) is 0. The van der Waals surface area contributed by atoms with Gasteiger partial charge in [-0.25, -0.2) is 0 Å². The van der Waals surface area contributed by atoms with Gasteiger partial charge >= 0.3 is 17.9 Å². The van der Waals surface area contributed by atoms with Gasteiger partial charge in [-0.15, -0.1) is 0 Å². The molecule has 70 heavy (non-hydrogen) atoms. The Morgan fingerprint density at radius 2 is 0.629 bits per heavy atom. The molecule has 6 heteroatoms. The molecule has 0 aromatic heterocycles. The summed E-state index contributed by atoms with van der Waals surface area (Å²) < 4.78 is 16.7. The molecule has 0 saturated heterocycles. The molecule has 0 aliphatic carbocycles. The second-order valence-electron chi connectivity index (χ2n) is 19.9. The van der Waals surface area contributed by atoms with E-state index in [-0.39, 0.29) is 31.6 Å². The van der Waals surface area contributed by atoms with Gasteiger partial charge in [0.05, 0.1) is 6.42 Å². The monoisotopic (exact) mass is 977 g/mol. The highest BCUT2D eigenvalue weighted by molar-refractivity contribution is 5.72. The van der Waals surface area contributed by atoms with E-state index in [2.05, 4.69) is 81.5 Å². The lowest BCUT2D eigenvalue weighted by atomic mass is 10.0. The maximum atomic E-state index is 12.8. The quantitative estimate of drug-likeness (QED) is 0.0261. The number of esters is 3. The summed E-state index contributed by atoms with van der Waals surface area (Å²) in [5.74, 6) is -1.05. The zero-order valence-corrected chi connectivity index (χ0v) is 46.3. The molecule has 0 heterocycles. The molecule has 0 aliphatic heterocycles. The highest BCUT2D eigenvalue weighted by Gasteiger charge is 2.19. The first-order chi connectivity index (χ1) is 34.5. The zero-order chi connectivity index (χ0) is 50.7. The van der Waals surface area contributed by atoms with E-state index in [0.29, 0.717) is 12.8 Å². The molecule has 0 aliphatic rings. The Morgan fingerprint density at radius 3 is 0.986 bits per heavy atom. The Morgan fingerprint density at radius 1 is 0.314 bits per heavy atom. The molecule has 0 aromatic rings. The first-order valence-electron chi connectivity index (χ1n) is 29.9. The average Bonchev–Trinajstić information content (AvgIpc) is 3.36.